The van der Waals surface area contributed by atoms with Crippen LogP contribution < -0.4 is 0 Å². The number of carbonyl (C=O) groups is 1. The molecule has 2 nitrogen and oxygen atoms in total. The van der Waals surface area contributed by atoms with Gasteiger partial charge in [-0.25, -0.2) is 0 Å². The molecule has 0 bridgehead atoms. The number of carbonyl (C=O) groups excluding carboxylic acids is 1. The van der Waals surface area contributed by atoms with Gasteiger partial charge in [-0.15, -0.1) is 0 Å². The summed E-state index contributed by atoms with van der Waals surface area (Å²) in [7, 11) is 0. The van der Waals surface area contributed by atoms with Crippen molar-refractivity contribution in [2.24, 2.45) is 0 Å². The summed E-state index contributed by atoms with van der Waals surface area (Å²) in [5.41, 5.74) is 0.829. The van der Waals surface area contributed by atoms with Crippen molar-refractivity contribution in [3.05, 3.63) is 35.9 Å². The Balaban J connectivity index is 2.40. The molecule has 0 aliphatic heterocycles. The van der Waals surface area contributed by atoms with E-state index in [2.05, 4.69) is 18.7 Å². The fourth-order valence-corrected chi connectivity index (χ4v) is 1.77. The summed E-state index contributed by atoms with van der Waals surface area (Å²) in [5.74, 6) is 0.246. The van der Waals surface area contributed by atoms with Crippen LogP contribution in [0.4, 0.5) is 0 Å². The van der Waals surface area contributed by atoms with Crippen LogP contribution in [0.15, 0.2) is 30.3 Å². The molecule has 0 fully saturated rings. The molecule has 0 spiro atoms. The molecule has 0 unspecified atom stereocenters. The third kappa shape index (κ3) is 4.15. The van der Waals surface area contributed by atoms with Gasteiger partial charge in [0, 0.05) is 18.5 Å². The molecule has 0 amide bonds. The van der Waals surface area contributed by atoms with Gasteiger partial charge >= 0.3 is 0 Å². The zero-order chi connectivity index (χ0) is 11.8. The Morgan fingerprint density at radius 3 is 2.38 bits per heavy atom. The molecule has 0 aliphatic carbocycles. The molecule has 88 valence electrons. The molecule has 0 aromatic heterocycles. The number of hydrogen-bond donors (Lipinski definition) is 0. The number of Topliss-reactive ketones (excluding diaryl/α,β-unsaturated/α-hetero) is 1. The van der Waals surface area contributed by atoms with E-state index in [9.17, 15) is 4.79 Å². The van der Waals surface area contributed by atoms with Crippen molar-refractivity contribution in [3.63, 3.8) is 0 Å². The largest absolute Gasteiger partial charge is 0.303 e. The third-order valence-electron chi connectivity index (χ3n) is 2.74. The van der Waals surface area contributed by atoms with Gasteiger partial charge in [-0.05, 0) is 19.5 Å². The second-order valence-corrected chi connectivity index (χ2v) is 3.97. The van der Waals surface area contributed by atoms with Gasteiger partial charge in [-0.3, -0.25) is 4.79 Å². The highest BCUT2D eigenvalue weighted by Gasteiger charge is 2.07. The summed E-state index contributed by atoms with van der Waals surface area (Å²) in [6.07, 6.45) is 1.77. The smallest absolute Gasteiger partial charge is 0.164 e. The maximum atomic E-state index is 11.8. The lowest BCUT2D eigenvalue weighted by Crippen LogP contribution is -2.26. The van der Waals surface area contributed by atoms with Crippen LogP contribution in [0.3, 0.4) is 0 Å². The Bertz CT molecular complexity index is 308. The van der Waals surface area contributed by atoms with Gasteiger partial charge < -0.3 is 4.90 Å². The van der Waals surface area contributed by atoms with Crippen molar-refractivity contribution in [1.82, 2.24) is 4.90 Å². The predicted octanol–water partition coefficient (Wildman–Crippen LogP) is 2.99. The highest BCUT2D eigenvalue weighted by atomic mass is 16.1. The minimum Gasteiger partial charge on any atom is -0.303 e. The van der Waals surface area contributed by atoms with E-state index in [-0.39, 0.29) is 5.78 Å². The van der Waals surface area contributed by atoms with Crippen molar-refractivity contribution >= 4 is 5.78 Å². The monoisotopic (exact) mass is 219 g/mol. The maximum Gasteiger partial charge on any atom is 0.164 e. The average molecular weight is 219 g/mol. The van der Waals surface area contributed by atoms with Gasteiger partial charge in [-0.1, -0.05) is 44.2 Å². The molecule has 16 heavy (non-hydrogen) atoms. The van der Waals surface area contributed by atoms with E-state index in [0.717, 1.165) is 31.6 Å². The highest BCUT2D eigenvalue weighted by molar-refractivity contribution is 5.96. The molecule has 0 atom stereocenters. The molecule has 1 aromatic carbocycles. The summed E-state index contributed by atoms with van der Waals surface area (Å²) in [6.45, 7) is 7.29. The van der Waals surface area contributed by atoms with Crippen molar-refractivity contribution in [2.45, 2.75) is 26.7 Å². The van der Waals surface area contributed by atoms with E-state index in [1.807, 2.05) is 30.3 Å². The van der Waals surface area contributed by atoms with E-state index in [1.165, 1.54) is 0 Å². The van der Waals surface area contributed by atoms with Crippen LogP contribution in [-0.2, 0) is 0 Å². The standard InChI is InChI=1S/C14H21NO/c1-3-11-15(4-2)12-10-14(16)13-8-6-5-7-9-13/h5-9H,3-4,10-12H2,1-2H3. The molecule has 2 heteroatoms. The van der Waals surface area contributed by atoms with Crippen molar-refractivity contribution < 1.29 is 4.79 Å². The van der Waals surface area contributed by atoms with Crippen LogP contribution in [-0.4, -0.2) is 30.3 Å². The Morgan fingerprint density at radius 1 is 1.12 bits per heavy atom. The second kappa shape index (κ2) is 7.18. The van der Waals surface area contributed by atoms with E-state index in [1.54, 1.807) is 0 Å². The Labute approximate surface area is 98.3 Å². The second-order valence-electron chi connectivity index (χ2n) is 3.97. The SMILES string of the molecule is CCCN(CC)CCC(=O)c1ccccc1. The number of ketones is 1. The van der Waals surface area contributed by atoms with Gasteiger partial charge in [0.2, 0.25) is 0 Å². The van der Waals surface area contributed by atoms with Gasteiger partial charge in [0.25, 0.3) is 0 Å². The Kier molecular flexibility index (Phi) is 5.79. The minimum absolute atomic E-state index is 0.246. The first kappa shape index (κ1) is 12.9. The van der Waals surface area contributed by atoms with E-state index in [4.69, 9.17) is 0 Å². The average Bonchev–Trinajstić information content (AvgIpc) is 2.35. The molecule has 1 aromatic rings. The summed E-state index contributed by atoms with van der Waals surface area (Å²) < 4.78 is 0. The van der Waals surface area contributed by atoms with Crippen molar-refractivity contribution in [3.8, 4) is 0 Å². The quantitative estimate of drug-likeness (QED) is 0.657. The lowest BCUT2D eigenvalue weighted by molar-refractivity contribution is 0.0965. The number of rotatable bonds is 7. The first-order chi connectivity index (χ1) is 7.77. The highest BCUT2D eigenvalue weighted by Crippen LogP contribution is 2.04. The minimum atomic E-state index is 0.246. The molecular formula is C14H21NO. The molecule has 0 saturated carbocycles. The maximum absolute atomic E-state index is 11.8. The van der Waals surface area contributed by atoms with Gasteiger partial charge in [0.1, 0.15) is 0 Å². The van der Waals surface area contributed by atoms with Crippen LogP contribution in [0, 0.1) is 0 Å². The Morgan fingerprint density at radius 2 is 1.81 bits per heavy atom. The molecular weight excluding hydrogens is 198 g/mol. The zero-order valence-corrected chi connectivity index (χ0v) is 10.3. The van der Waals surface area contributed by atoms with Crippen LogP contribution >= 0.6 is 0 Å². The molecule has 0 aliphatic rings. The predicted molar refractivity (Wildman–Crippen MR) is 67.8 cm³/mol. The summed E-state index contributed by atoms with van der Waals surface area (Å²) in [4.78, 5) is 14.2. The van der Waals surface area contributed by atoms with Gasteiger partial charge in [0.05, 0.1) is 0 Å². The normalized spacial score (nSPS) is 10.7. The third-order valence-corrected chi connectivity index (χ3v) is 2.74. The molecule has 0 heterocycles. The van der Waals surface area contributed by atoms with Crippen LogP contribution in [0.2, 0.25) is 0 Å². The fraction of sp³-hybridized carbons (Fsp3) is 0.500. The van der Waals surface area contributed by atoms with E-state index < -0.39 is 0 Å². The first-order valence-electron chi connectivity index (χ1n) is 6.08. The first-order valence-corrected chi connectivity index (χ1v) is 6.08. The van der Waals surface area contributed by atoms with Crippen LogP contribution in [0.1, 0.15) is 37.0 Å². The zero-order valence-electron chi connectivity index (χ0n) is 10.3. The summed E-state index contributed by atoms with van der Waals surface area (Å²) >= 11 is 0. The summed E-state index contributed by atoms with van der Waals surface area (Å²) in [6, 6.07) is 9.54. The van der Waals surface area contributed by atoms with Gasteiger partial charge in [-0.2, -0.15) is 0 Å². The topological polar surface area (TPSA) is 20.3 Å². The van der Waals surface area contributed by atoms with E-state index >= 15 is 0 Å². The fourth-order valence-electron chi connectivity index (χ4n) is 1.77. The summed E-state index contributed by atoms with van der Waals surface area (Å²) in [5, 5.41) is 0. The molecule has 0 saturated heterocycles. The number of hydrogen-bond acceptors (Lipinski definition) is 2. The van der Waals surface area contributed by atoms with E-state index in [0.29, 0.717) is 6.42 Å². The van der Waals surface area contributed by atoms with Crippen molar-refractivity contribution in [2.75, 3.05) is 19.6 Å². The van der Waals surface area contributed by atoms with Crippen LogP contribution in [0.5, 0.6) is 0 Å². The molecule has 1 rings (SSSR count). The number of benzene rings is 1. The molecule has 0 N–H and O–H groups in total. The number of nitrogens with zero attached hydrogens (tertiary/aromatic N) is 1. The Hall–Kier alpha value is -1.15. The lowest BCUT2D eigenvalue weighted by atomic mass is 10.1. The lowest BCUT2D eigenvalue weighted by Gasteiger charge is -2.18. The molecule has 0 radical (unpaired) electrons. The van der Waals surface area contributed by atoms with Crippen LogP contribution in [0.25, 0.3) is 0 Å². The van der Waals surface area contributed by atoms with Gasteiger partial charge in [0.15, 0.2) is 5.78 Å². The van der Waals surface area contributed by atoms with Crippen molar-refractivity contribution in [1.29, 1.82) is 0 Å².